The fraction of sp³-hybridized carbons (Fsp3) is 0.136. The zero-order chi connectivity index (χ0) is 21.4. The number of hydrogen-bond donors (Lipinski definition) is 1. The molecular weight excluding hydrogens is 466 g/mol. The molecule has 8 heteroatoms. The van der Waals surface area contributed by atoms with Gasteiger partial charge >= 0.3 is 0 Å². The number of fused-ring (bicyclic) bond motifs is 1. The Morgan fingerprint density at radius 3 is 2.73 bits per heavy atom. The first kappa shape index (κ1) is 20.4. The van der Waals surface area contributed by atoms with E-state index in [4.69, 9.17) is 11.6 Å². The van der Waals surface area contributed by atoms with Gasteiger partial charge in [0.05, 0.1) is 22.6 Å². The third-order valence-electron chi connectivity index (χ3n) is 4.91. The molecule has 0 saturated carbocycles. The number of aryl methyl sites for hydroxylation is 2. The van der Waals surface area contributed by atoms with E-state index in [1.165, 1.54) is 0 Å². The third-order valence-corrected chi connectivity index (χ3v) is 5.69. The second-order valence-electron chi connectivity index (χ2n) is 6.93. The maximum atomic E-state index is 12.7. The lowest BCUT2D eigenvalue weighted by molar-refractivity contribution is 0.0948. The molecule has 152 valence electrons. The van der Waals surface area contributed by atoms with Gasteiger partial charge in [-0.1, -0.05) is 23.7 Å². The molecule has 0 saturated heterocycles. The second kappa shape index (κ2) is 8.08. The first-order valence-electron chi connectivity index (χ1n) is 9.28. The molecule has 0 fully saturated rings. The van der Waals surface area contributed by atoms with Gasteiger partial charge in [-0.2, -0.15) is 5.10 Å². The number of hydrazone groups is 1. The van der Waals surface area contributed by atoms with Crippen LogP contribution >= 0.6 is 27.5 Å². The summed E-state index contributed by atoms with van der Waals surface area (Å²) in [7, 11) is 0. The molecule has 0 aliphatic carbocycles. The molecule has 0 aliphatic heterocycles. The minimum Gasteiger partial charge on any atom is -0.316 e. The summed E-state index contributed by atoms with van der Waals surface area (Å²) < 4.78 is 4.67. The van der Waals surface area contributed by atoms with Crippen LogP contribution < -0.4 is 5.43 Å². The van der Waals surface area contributed by atoms with Crippen molar-refractivity contribution in [1.82, 2.24) is 19.4 Å². The molecule has 1 aromatic carbocycles. The minimum atomic E-state index is -0.325. The average molecular weight is 485 g/mol. The number of carbonyl (C=O) groups is 1. The summed E-state index contributed by atoms with van der Waals surface area (Å²) in [6, 6.07) is 13.4. The highest BCUT2D eigenvalue weighted by atomic mass is 79.9. The molecule has 0 spiro atoms. The van der Waals surface area contributed by atoms with Crippen LogP contribution in [0.15, 0.2) is 58.2 Å². The van der Waals surface area contributed by atoms with Gasteiger partial charge < -0.3 is 4.57 Å². The molecule has 0 aliphatic rings. The van der Waals surface area contributed by atoms with Crippen molar-refractivity contribution >= 4 is 45.3 Å². The number of nitrogens with one attached hydrogen (secondary N) is 1. The predicted molar refractivity (Wildman–Crippen MR) is 123 cm³/mol. The number of pyridine rings is 1. The quantitative estimate of drug-likeness (QED) is 0.318. The van der Waals surface area contributed by atoms with Crippen molar-refractivity contribution in [2.75, 3.05) is 0 Å². The van der Waals surface area contributed by atoms with E-state index in [9.17, 15) is 4.79 Å². The van der Waals surface area contributed by atoms with Crippen LogP contribution in [0.25, 0.3) is 11.3 Å². The van der Waals surface area contributed by atoms with E-state index in [0.29, 0.717) is 22.1 Å². The number of para-hydroxylation sites is 1. The second-order valence-corrected chi connectivity index (χ2v) is 8.26. The van der Waals surface area contributed by atoms with Crippen molar-refractivity contribution < 1.29 is 4.79 Å². The standard InChI is InChI=1S/C22H19BrClN5O/c1-13-10-16(15(3)29(13)19-7-5-4-6-18(19)24)11-25-27-22(30)21-14(2)26-20-9-8-17(23)12-28(20)21/h4-12H,1-3H3,(H,27,30)/b25-11-. The summed E-state index contributed by atoms with van der Waals surface area (Å²) in [5.41, 5.74) is 8.20. The van der Waals surface area contributed by atoms with E-state index < -0.39 is 0 Å². The first-order chi connectivity index (χ1) is 14.4. The van der Waals surface area contributed by atoms with Gasteiger partial charge in [-0.15, -0.1) is 0 Å². The van der Waals surface area contributed by atoms with Crippen LogP contribution in [0.5, 0.6) is 0 Å². The van der Waals surface area contributed by atoms with Crippen LogP contribution in [-0.4, -0.2) is 26.1 Å². The summed E-state index contributed by atoms with van der Waals surface area (Å²) in [5, 5.41) is 4.85. The minimum absolute atomic E-state index is 0.325. The SMILES string of the molecule is Cc1nc2ccc(Br)cn2c1C(=O)N/N=C\c1cc(C)n(-c2ccccc2Cl)c1C. The normalized spacial score (nSPS) is 11.5. The maximum Gasteiger partial charge on any atom is 0.290 e. The van der Waals surface area contributed by atoms with Gasteiger partial charge in [-0.3, -0.25) is 9.20 Å². The molecule has 30 heavy (non-hydrogen) atoms. The Balaban J connectivity index is 1.60. The van der Waals surface area contributed by atoms with Crippen LogP contribution in [-0.2, 0) is 0 Å². The van der Waals surface area contributed by atoms with Gasteiger partial charge in [0.2, 0.25) is 0 Å². The molecule has 0 radical (unpaired) electrons. The van der Waals surface area contributed by atoms with Crippen LogP contribution in [0.1, 0.15) is 33.1 Å². The van der Waals surface area contributed by atoms with E-state index in [2.05, 4.69) is 36.0 Å². The molecule has 1 N–H and O–H groups in total. The van der Waals surface area contributed by atoms with Crippen molar-refractivity contribution in [2.24, 2.45) is 5.10 Å². The Labute approximate surface area is 187 Å². The van der Waals surface area contributed by atoms with Crippen molar-refractivity contribution in [3.63, 3.8) is 0 Å². The highest BCUT2D eigenvalue weighted by molar-refractivity contribution is 9.10. The van der Waals surface area contributed by atoms with Gasteiger partial charge in [-0.05, 0) is 67.0 Å². The van der Waals surface area contributed by atoms with Gasteiger partial charge in [0.25, 0.3) is 5.91 Å². The predicted octanol–water partition coefficient (Wildman–Crippen LogP) is 5.23. The zero-order valence-corrected chi connectivity index (χ0v) is 19.0. The molecule has 4 rings (SSSR count). The Kier molecular flexibility index (Phi) is 5.49. The molecule has 1 amide bonds. The lowest BCUT2D eigenvalue weighted by Gasteiger charge is -2.11. The topological polar surface area (TPSA) is 63.7 Å². The highest BCUT2D eigenvalue weighted by Crippen LogP contribution is 2.25. The molecule has 0 unspecified atom stereocenters. The number of amides is 1. The van der Waals surface area contributed by atoms with Gasteiger partial charge in [0, 0.05) is 27.6 Å². The largest absolute Gasteiger partial charge is 0.316 e. The molecule has 3 heterocycles. The van der Waals surface area contributed by atoms with Gasteiger partial charge in [-0.25, -0.2) is 10.4 Å². The maximum absolute atomic E-state index is 12.7. The van der Waals surface area contributed by atoms with Gasteiger partial charge in [0.15, 0.2) is 0 Å². The third kappa shape index (κ3) is 3.66. The summed E-state index contributed by atoms with van der Waals surface area (Å²) in [4.78, 5) is 17.2. The summed E-state index contributed by atoms with van der Waals surface area (Å²) >= 11 is 9.79. The Bertz CT molecular complexity index is 1300. The summed E-state index contributed by atoms with van der Waals surface area (Å²) in [6.45, 7) is 5.80. The smallest absolute Gasteiger partial charge is 0.290 e. The Hall–Kier alpha value is -2.90. The van der Waals surface area contributed by atoms with Crippen LogP contribution in [0.4, 0.5) is 0 Å². The van der Waals surface area contributed by atoms with E-state index in [0.717, 1.165) is 27.1 Å². The number of rotatable bonds is 4. The number of halogens is 2. The summed E-state index contributed by atoms with van der Waals surface area (Å²) in [5.74, 6) is -0.325. The fourth-order valence-electron chi connectivity index (χ4n) is 3.55. The monoisotopic (exact) mass is 483 g/mol. The highest BCUT2D eigenvalue weighted by Gasteiger charge is 2.16. The number of benzene rings is 1. The first-order valence-corrected chi connectivity index (χ1v) is 10.5. The number of nitrogens with zero attached hydrogens (tertiary/aromatic N) is 4. The van der Waals surface area contributed by atoms with Crippen LogP contribution in [0, 0.1) is 20.8 Å². The van der Waals surface area contributed by atoms with Gasteiger partial charge in [0.1, 0.15) is 11.3 Å². The van der Waals surface area contributed by atoms with Crippen molar-refractivity contribution in [3.8, 4) is 5.69 Å². The number of carbonyl (C=O) groups excluding carboxylic acids is 1. The van der Waals surface area contributed by atoms with Crippen LogP contribution in [0.2, 0.25) is 5.02 Å². The van der Waals surface area contributed by atoms with Crippen molar-refractivity contribution in [3.05, 3.63) is 86.5 Å². The van der Waals surface area contributed by atoms with Crippen LogP contribution in [0.3, 0.4) is 0 Å². The molecule has 0 atom stereocenters. The molecule has 4 aromatic rings. The Morgan fingerprint density at radius 2 is 1.97 bits per heavy atom. The van der Waals surface area contributed by atoms with E-state index in [1.807, 2.05) is 62.5 Å². The number of hydrogen-bond acceptors (Lipinski definition) is 3. The number of imidazole rings is 1. The zero-order valence-electron chi connectivity index (χ0n) is 16.6. The van der Waals surface area contributed by atoms with E-state index in [-0.39, 0.29) is 5.91 Å². The van der Waals surface area contributed by atoms with Crippen molar-refractivity contribution in [1.29, 1.82) is 0 Å². The number of aromatic nitrogens is 3. The molecule has 0 bridgehead atoms. The lowest BCUT2D eigenvalue weighted by atomic mass is 10.2. The average Bonchev–Trinajstić information content (AvgIpc) is 3.17. The van der Waals surface area contributed by atoms with Crippen molar-refractivity contribution in [2.45, 2.75) is 20.8 Å². The van der Waals surface area contributed by atoms with E-state index in [1.54, 1.807) is 17.5 Å². The molecular formula is C22H19BrClN5O. The lowest BCUT2D eigenvalue weighted by Crippen LogP contribution is -2.20. The fourth-order valence-corrected chi connectivity index (χ4v) is 4.10. The Morgan fingerprint density at radius 1 is 1.20 bits per heavy atom. The molecule has 3 aromatic heterocycles. The van der Waals surface area contributed by atoms with E-state index >= 15 is 0 Å². The summed E-state index contributed by atoms with van der Waals surface area (Å²) in [6.07, 6.45) is 3.45. The molecule has 6 nitrogen and oxygen atoms in total.